The van der Waals surface area contributed by atoms with Crippen LogP contribution in [0.2, 0.25) is 5.02 Å². The van der Waals surface area contributed by atoms with Gasteiger partial charge in [0.1, 0.15) is 5.02 Å². The SMILES string of the molecule is CCC(Br)C(=O)Nc1ccc(Cl)c([N+](=O)[O-])c1. The summed E-state index contributed by atoms with van der Waals surface area (Å²) in [6.45, 7) is 1.85. The van der Waals surface area contributed by atoms with E-state index in [2.05, 4.69) is 21.2 Å². The first kappa shape index (κ1) is 13.9. The summed E-state index contributed by atoms with van der Waals surface area (Å²) >= 11 is 8.84. The molecule has 0 aliphatic rings. The number of nitrogens with zero attached hydrogens (tertiary/aromatic N) is 1. The minimum absolute atomic E-state index is 0.0406. The fraction of sp³-hybridized carbons (Fsp3) is 0.300. The van der Waals surface area contributed by atoms with Crippen molar-refractivity contribution in [2.24, 2.45) is 0 Å². The predicted molar refractivity (Wildman–Crippen MR) is 69.7 cm³/mol. The maximum Gasteiger partial charge on any atom is 0.289 e. The van der Waals surface area contributed by atoms with Gasteiger partial charge in [0.2, 0.25) is 5.91 Å². The molecular formula is C10H10BrClN2O3. The van der Waals surface area contributed by atoms with Gasteiger partial charge in [-0.2, -0.15) is 0 Å². The van der Waals surface area contributed by atoms with Crippen molar-refractivity contribution in [3.8, 4) is 0 Å². The summed E-state index contributed by atoms with van der Waals surface area (Å²) in [6, 6.07) is 4.13. The zero-order valence-corrected chi connectivity index (χ0v) is 11.3. The molecule has 0 aliphatic carbocycles. The highest BCUT2D eigenvalue weighted by Crippen LogP contribution is 2.27. The van der Waals surface area contributed by atoms with E-state index >= 15 is 0 Å². The number of benzene rings is 1. The molecule has 0 aromatic heterocycles. The molecule has 0 spiro atoms. The van der Waals surface area contributed by atoms with Crippen LogP contribution in [-0.2, 0) is 4.79 Å². The first-order valence-electron chi connectivity index (χ1n) is 4.84. The Morgan fingerprint density at radius 2 is 2.29 bits per heavy atom. The zero-order chi connectivity index (χ0) is 13.0. The molecule has 0 fully saturated rings. The highest BCUT2D eigenvalue weighted by Gasteiger charge is 2.16. The topological polar surface area (TPSA) is 72.2 Å². The Balaban J connectivity index is 2.90. The summed E-state index contributed by atoms with van der Waals surface area (Å²) in [5, 5.41) is 13.3. The number of carbonyl (C=O) groups excluding carboxylic acids is 1. The predicted octanol–water partition coefficient (Wildman–Crippen LogP) is 3.36. The lowest BCUT2D eigenvalue weighted by Crippen LogP contribution is -2.21. The van der Waals surface area contributed by atoms with Crippen LogP contribution in [0.3, 0.4) is 0 Å². The van der Waals surface area contributed by atoms with Gasteiger partial charge in [-0.3, -0.25) is 14.9 Å². The van der Waals surface area contributed by atoms with Crippen LogP contribution in [0.1, 0.15) is 13.3 Å². The van der Waals surface area contributed by atoms with E-state index < -0.39 is 4.92 Å². The maximum atomic E-state index is 11.5. The summed E-state index contributed by atoms with van der Waals surface area (Å²) in [6.07, 6.45) is 0.627. The number of alkyl halides is 1. The average molecular weight is 322 g/mol. The van der Waals surface area contributed by atoms with Crippen LogP contribution >= 0.6 is 27.5 Å². The highest BCUT2D eigenvalue weighted by molar-refractivity contribution is 9.10. The van der Waals surface area contributed by atoms with Crippen molar-refractivity contribution in [1.29, 1.82) is 0 Å². The van der Waals surface area contributed by atoms with Crippen molar-refractivity contribution in [1.82, 2.24) is 0 Å². The molecule has 1 rings (SSSR count). The molecule has 0 saturated carbocycles. The fourth-order valence-electron chi connectivity index (χ4n) is 1.14. The van der Waals surface area contributed by atoms with Gasteiger partial charge >= 0.3 is 0 Å². The zero-order valence-electron chi connectivity index (χ0n) is 8.94. The van der Waals surface area contributed by atoms with Crippen LogP contribution in [0, 0.1) is 10.1 Å². The first-order valence-corrected chi connectivity index (χ1v) is 6.14. The molecule has 1 unspecified atom stereocenters. The van der Waals surface area contributed by atoms with Crippen LogP contribution in [0.15, 0.2) is 18.2 Å². The smallest absolute Gasteiger partial charge is 0.289 e. The number of hydrogen-bond donors (Lipinski definition) is 1. The molecule has 0 bridgehead atoms. The third-order valence-electron chi connectivity index (χ3n) is 2.05. The fourth-order valence-corrected chi connectivity index (χ4v) is 1.44. The molecule has 0 radical (unpaired) electrons. The monoisotopic (exact) mass is 320 g/mol. The van der Waals surface area contributed by atoms with E-state index in [4.69, 9.17) is 11.6 Å². The quantitative estimate of drug-likeness (QED) is 0.525. The Kier molecular flexibility index (Phi) is 4.89. The van der Waals surface area contributed by atoms with Gasteiger partial charge in [0, 0.05) is 11.8 Å². The average Bonchev–Trinajstić information content (AvgIpc) is 2.30. The van der Waals surface area contributed by atoms with E-state index in [1.165, 1.54) is 18.2 Å². The Labute approximate surface area is 111 Å². The van der Waals surface area contributed by atoms with E-state index in [1.807, 2.05) is 6.92 Å². The standard InChI is InChI=1S/C10H10BrClN2O3/c1-2-7(11)10(15)13-6-3-4-8(12)9(5-6)14(16)17/h3-5,7H,2H2,1H3,(H,13,15). The number of nitro benzene ring substituents is 1. The minimum Gasteiger partial charge on any atom is -0.325 e. The van der Waals surface area contributed by atoms with Crippen LogP contribution in [-0.4, -0.2) is 15.7 Å². The molecule has 1 aromatic carbocycles. The summed E-state index contributed by atoms with van der Waals surface area (Å²) in [5.74, 6) is -0.246. The van der Waals surface area contributed by atoms with Crippen LogP contribution < -0.4 is 5.32 Å². The van der Waals surface area contributed by atoms with E-state index in [-0.39, 0.29) is 21.4 Å². The number of nitrogens with one attached hydrogen (secondary N) is 1. The normalized spacial score (nSPS) is 11.9. The van der Waals surface area contributed by atoms with Gasteiger partial charge < -0.3 is 5.32 Å². The Morgan fingerprint density at radius 3 is 2.82 bits per heavy atom. The molecule has 1 atom stereocenters. The third kappa shape index (κ3) is 3.67. The number of carbonyl (C=O) groups is 1. The van der Waals surface area contributed by atoms with Gasteiger partial charge in [0.25, 0.3) is 5.69 Å². The Bertz CT molecular complexity index is 453. The van der Waals surface area contributed by atoms with Crippen molar-refractivity contribution in [2.45, 2.75) is 18.2 Å². The van der Waals surface area contributed by atoms with Gasteiger partial charge in [-0.15, -0.1) is 0 Å². The molecule has 0 saturated heterocycles. The van der Waals surface area contributed by atoms with Crippen molar-refractivity contribution in [3.05, 3.63) is 33.3 Å². The lowest BCUT2D eigenvalue weighted by Gasteiger charge is -2.08. The van der Waals surface area contributed by atoms with Gasteiger partial charge in [-0.25, -0.2) is 0 Å². The number of anilines is 1. The second-order valence-corrected chi connectivity index (χ2v) is 4.80. The molecule has 1 amide bonds. The minimum atomic E-state index is -0.594. The summed E-state index contributed by atoms with van der Waals surface area (Å²) in [7, 11) is 0. The maximum absolute atomic E-state index is 11.5. The number of halogens is 2. The van der Waals surface area contributed by atoms with Crippen molar-refractivity contribution in [3.63, 3.8) is 0 Å². The van der Waals surface area contributed by atoms with Gasteiger partial charge in [-0.05, 0) is 18.6 Å². The molecule has 0 heterocycles. The van der Waals surface area contributed by atoms with Crippen LogP contribution in [0.25, 0.3) is 0 Å². The van der Waals surface area contributed by atoms with Gasteiger partial charge in [-0.1, -0.05) is 34.5 Å². The van der Waals surface area contributed by atoms with E-state index in [0.717, 1.165) is 0 Å². The molecule has 7 heteroatoms. The summed E-state index contributed by atoms with van der Waals surface area (Å²) in [4.78, 5) is 21.3. The highest BCUT2D eigenvalue weighted by atomic mass is 79.9. The number of nitro groups is 1. The molecule has 17 heavy (non-hydrogen) atoms. The summed E-state index contributed by atoms with van der Waals surface area (Å²) in [5.41, 5.74) is 0.121. The first-order chi connectivity index (χ1) is 7.95. The Morgan fingerprint density at radius 1 is 1.65 bits per heavy atom. The second-order valence-electron chi connectivity index (χ2n) is 3.29. The van der Waals surface area contributed by atoms with Crippen molar-refractivity contribution >= 4 is 44.8 Å². The molecule has 1 aromatic rings. The summed E-state index contributed by atoms with van der Waals surface area (Å²) < 4.78 is 0. The van der Waals surface area contributed by atoms with E-state index in [9.17, 15) is 14.9 Å². The van der Waals surface area contributed by atoms with Crippen LogP contribution in [0.5, 0.6) is 0 Å². The number of hydrogen-bond acceptors (Lipinski definition) is 3. The molecule has 0 aliphatic heterocycles. The number of rotatable bonds is 4. The third-order valence-corrected chi connectivity index (χ3v) is 3.44. The Hall–Kier alpha value is -1.14. The lowest BCUT2D eigenvalue weighted by atomic mass is 10.2. The largest absolute Gasteiger partial charge is 0.325 e. The molecule has 92 valence electrons. The lowest BCUT2D eigenvalue weighted by molar-refractivity contribution is -0.384. The second kappa shape index (κ2) is 5.97. The van der Waals surface area contributed by atoms with Crippen LogP contribution in [0.4, 0.5) is 11.4 Å². The van der Waals surface area contributed by atoms with Crippen molar-refractivity contribution in [2.75, 3.05) is 5.32 Å². The van der Waals surface area contributed by atoms with Gasteiger partial charge in [0.05, 0.1) is 9.75 Å². The molecular weight excluding hydrogens is 311 g/mol. The number of amides is 1. The molecule has 5 nitrogen and oxygen atoms in total. The molecule has 1 N–H and O–H groups in total. The van der Waals surface area contributed by atoms with Gasteiger partial charge in [0.15, 0.2) is 0 Å². The van der Waals surface area contributed by atoms with Crippen molar-refractivity contribution < 1.29 is 9.72 Å². The van der Waals surface area contributed by atoms with E-state index in [0.29, 0.717) is 12.1 Å². The van der Waals surface area contributed by atoms with E-state index in [1.54, 1.807) is 0 Å².